The third kappa shape index (κ3) is 4.11. The number of benzene rings is 2. The number of ether oxygens (including phenoxy) is 1. The van der Waals surface area contributed by atoms with Crippen LogP contribution in [0.4, 0.5) is 0 Å². The number of piperidine rings is 1. The third-order valence-electron chi connectivity index (χ3n) is 5.41. The van der Waals surface area contributed by atoms with Crippen LogP contribution in [0.1, 0.15) is 18.4 Å². The third-order valence-corrected chi connectivity index (χ3v) is 5.41. The van der Waals surface area contributed by atoms with Crippen molar-refractivity contribution in [1.29, 1.82) is 0 Å². The van der Waals surface area contributed by atoms with Crippen molar-refractivity contribution in [3.63, 3.8) is 0 Å². The first-order valence-electron chi connectivity index (χ1n) is 9.88. The molecule has 5 heteroatoms. The summed E-state index contributed by atoms with van der Waals surface area (Å²) in [6.07, 6.45) is 4.37. The van der Waals surface area contributed by atoms with E-state index in [1.807, 2.05) is 41.1 Å². The number of likely N-dealkylation sites (tertiary alicyclic amines) is 1. The van der Waals surface area contributed by atoms with E-state index in [9.17, 15) is 5.11 Å². The highest BCUT2D eigenvalue weighted by Crippen LogP contribution is 2.29. The Morgan fingerprint density at radius 2 is 2.00 bits per heavy atom. The van der Waals surface area contributed by atoms with Crippen LogP contribution in [0, 0.1) is 5.92 Å². The van der Waals surface area contributed by atoms with Crippen molar-refractivity contribution in [2.45, 2.75) is 19.4 Å². The number of para-hydroxylation sites is 1. The molecule has 146 valence electrons. The lowest BCUT2D eigenvalue weighted by Gasteiger charge is -2.31. The van der Waals surface area contributed by atoms with E-state index in [-0.39, 0.29) is 6.61 Å². The summed E-state index contributed by atoms with van der Waals surface area (Å²) in [6.45, 7) is 3.09. The molecule has 4 rings (SSSR count). The average Bonchev–Trinajstić information content (AvgIpc) is 3.18. The van der Waals surface area contributed by atoms with Gasteiger partial charge in [-0.15, -0.1) is 0 Å². The van der Waals surface area contributed by atoms with Gasteiger partial charge in [0.2, 0.25) is 0 Å². The Balaban J connectivity index is 1.69. The summed E-state index contributed by atoms with van der Waals surface area (Å²) in [5.74, 6) is 1.20. The Morgan fingerprint density at radius 1 is 1.14 bits per heavy atom. The van der Waals surface area contributed by atoms with Gasteiger partial charge in [-0.3, -0.25) is 4.90 Å². The highest BCUT2D eigenvalue weighted by molar-refractivity contribution is 5.65. The van der Waals surface area contributed by atoms with Crippen molar-refractivity contribution in [1.82, 2.24) is 14.7 Å². The summed E-state index contributed by atoms with van der Waals surface area (Å²) in [5.41, 5.74) is 4.27. The molecular formula is C23H27N3O2. The topological polar surface area (TPSA) is 50.5 Å². The number of nitrogens with zero attached hydrogens (tertiary/aromatic N) is 3. The fourth-order valence-corrected chi connectivity index (χ4v) is 3.94. The van der Waals surface area contributed by atoms with E-state index >= 15 is 0 Å². The predicted molar refractivity (Wildman–Crippen MR) is 111 cm³/mol. The lowest BCUT2D eigenvalue weighted by molar-refractivity contribution is 0.116. The maximum Gasteiger partial charge on any atom is 0.119 e. The molecule has 0 spiro atoms. The van der Waals surface area contributed by atoms with Crippen LogP contribution >= 0.6 is 0 Å². The molecule has 28 heavy (non-hydrogen) atoms. The molecule has 1 N–H and O–H groups in total. The van der Waals surface area contributed by atoms with Gasteiger partial charge < -0.3 is 9.84 Å². The molecular weight excluding hydrogens is 350 g/mol. The van der Waals surface area contributed by atoms with E-state index in [1.165, 1.54) is 5.56 Å². The zero-order valence-corrected chi connectivity index (χ0v) is 16.3. The molecule has 1 aliphatic rings. The summed E-state index contributed by atoms with van der Waals surface area (Å²) in [5, 5.41) is 14.5. The molecule has 0 unspecified atom stereocenters. The first-order valence-corrected chi connectivity index (χ1v) is 9.88. The van der Waals surface area contributed by atoms with Gasteiger partial charge in [-0.25, -0.2) is 4.68 Å². The molecule has 0 saturated carbocycles. The number of aliphatic hydroxyl groups is 1. The highest BCUT2D eigenvalue weighted by Gasteiger charge is 2.22. The lowest BCUT2D eigenvalue weighted by Crippen LogP contribution is -2.36. The minimum atomic E-state index is 0.266. The largest absolute Gasteiger partial charge is 0.497 e. The highest BCUT2D eigenvalue weighted by atomic mass is 16.5. The molecule has 2 aromatic carbocycles. The molecule has 2 heterocycles. The predicted octanol–water partition coefficient (Wildman–Crippen LogP) is 3.75. The number of hydrogen-bond acceptors (Lipinski definition) is 4. The van der Waals surface area contributed by atoms with Crippen molar-refractivity contribution >= 4 is 0 Å². The van der Waals surface area contributed by atoms with Gasteiger partial charge in [0.05, 0.1) is 18.5 Å². The standard InChI is InChI=1S/C23H27N3O2/c1-28-22-11-5-8-19(13-22)23-20(15-25-12-6-7-18(14-25)17-27)16-26(24-23)21-9-3-2-4-10-21/h2-5,8-11,13,16,18,27H,6-7,12,14-15,17H2,1H3/t18-/m1/s1. The van der Waals surface area contributed by atoms with E-state index in [0.717, 1.165) is 55.2 Å². The Hall–Kier alpha value is -2.63. The van der Waals surface area contributed by atoms with Crippen LogP contribution in [0.25, 0.3) is 16.9 Å². The first kappa shape index (κ1) is 18.7. The van der Waals surface area contributed by atoms with Crippen molar-refractivity contribution in [3.8, 4) is 22.7 Å². The molecule has 1 aliphatic heterocycles. The Morgan fingerprint density at radius 3 is 2.79 bits per heavy atom. The summed E-state index contributed by atoms with van der Waals surface area (Å²) < 4.78 is 7.37. The minimum absolute atomic E-state index is 0.266. The molecule has 0 aliphatic carbocycles. The summed E-state index contributed by atoms with van der Waals surface area (Å²) in [4.78, 5) is 2.43. The van der Waals surface area contributed by atoms with Crippen LogP contribution < -0.4 is 4.74 Å². The van der Waals surface area contributed by atoms with Crippen molar-refractivity contribution in [2.24, 2.45) is 5.92 Å². The smallest absolute Gasteiger partial charge is 0.119 e. The molecule has 1 fully saturated rings. The van der Waals surface area contributed by atoms with Crippen LogP contribution in [-0.4, -0.2) is 46.6 Å². The number of hydrogen-bond donors (Lipinski definition) is 1. The Labute approximate surface area is 166 Å². The van der Waals surface area contributed by atoms with Crippen LogP contribution in [-0.2, 0) is 6.54 Å². The zero-order valence-electron chi connectivity index (χ0n) is 16.3. The van der Waals surface area contributed by atoms with E-state index in [4.69, 9.17) is 9.84 Å². The van der Waals surface area contributed by atoms with Crippen molar-refractivity contribution in [3.05, 3.63) is 66.4 Å². The van der Waals surface area contributed by atoms with Gasteiger partial charge in [0.1, 0.15) is 5.75 Å². The van der Waals surface area contributed by atoms with E-state index in [0.29, 0.717) is 5.92 Å². The number of aromatic nitrogens is 2. The van der Waals surface area contributed by atoms with Crippen LogP contribution in [0.15, 0.2) is 60.8 Å². The van der Waals surface area contributed by atoms with Gasteiger partial charge in [-0.05, 0) is 49.6 Å². The normalized spacial score (nSPS) is 17.6. The van der Waals surface area contributed by atoms with Gasteiger partial charge >= 0.3 is 0 Å². The molecule has 0 bridgehead atoms. The summed E-state index contributed by atoms with van der Waals surface area (Å²) in [6, 6.07) is 18.3. The second kappa shape index (κ2) is 8.59. The van der Waals surface area contributed by atoms with E-state index in [1.54, 1.807) is 7.11 Å². The van der Waals surface area contributed by atoms with Gasteiger partial charge in [-0.1, -0.05) is 30.3 Å². The van der Waals surface area contributed by atoms with Crippen LogP contribution in [0.2, 0.25) is 0 Å². The minimum Gasteiger partial charge on any atom is -0.497 e. The summed E-state index contributed by atoms with van der Waals surface area (Å²) in [7, 11) is 1.69. The lowest BCUT2D eigenvalue weighted by atomic mass is 9.98. The van der Waals surface area contributed by atoms with Crippen molar-refractivity contribution < 1.29 is 9.84 Å². The number of aliphatic hydroxyl groups excluding tert-OH is 1. The zero-order chi connectivity index (χ0) is 19.3. The molecule has 3 aromatic rings. The molecule has 0 radical (unpaired) electrons. The van der Waals surface area contributed by atoms with Gasteiger partial charge in [0.15, 0.2) is 0 Å². The molecule has 1 atom stereocenters. The van der Waals surface area contributed by atoms with Gasteiger partial charge in [-0.2, -0.15) is 5.10 Å². The van der Waals surface area contributed by atoms with Crippen molar-refractivity contribution in [2.75, 3.05) is 26.8 Å². The monoisotopic (exact) mass is 377 g/mol. The molecule has 1 saturated heterocycles. The van der Waals surface area contributed by atoms with E-state index in [2.05, 4.69) is 29.3 Å². The maximum absolute atomic E-state index is 9.56. The molecule has 5 nitrogen and oxygen atoms in total. The Bertz CT molecular complexity index is 907. The van der Waals surface area contributed by atoms with Crippen LogP contribution in [0.5, 0.6) is 5.75 Å². The SMILES string of the molecule is COc1cccc(-c2nn(-c3ccccc3)cc2CN2CCC[C@@H](CO)C2)c1. The number of methoxy groups -OCH3 is 1. The summed E-state index contributed by atoms with van der Waals surface area (Å²) >= 11 is 0. The maximum atomic E-state index is 9.56. The second-order valence-electron chi connectivity index (χ2n) is 7.44. The Kier molecular flexibility index (Phi) is 5.74. The number of rotatable bonds is 6. The molecule has 0 amide bonds. The quantitative estimate of drug-likeness (QED) is 0.711. The fourth-order valence-electron chi connectivity index (χ4n) is 3.94. The van der Waals surface area contributed by atoms with E-state index < -0.39 is 0 Å². The van der Waals surface area contributed by atoms with Gasteiger partial charge in [0.25, 0.3) is 0 Å². The van der Waals surface area contributed by atoms with Crippen LogP contribution in [0.3, 0.4) is 0 Å². The van der Waals surface area contributed by atoms with Gasteiger partial charge in [0, 0.05) is 37.0 Å². The second-order valence-corrected chi connectivity index (χ2v) is 7.44. The fraction of sp³-hybridized carbons (Fsp3) is 0.348. The first-order chi connectivity index (χ1) is 13.8. The molecule has 1 aromatic heterocycles. The average molecular weight is 377 g/mol.